The zero-order valence-electron chi connectivity index (χ0n) is 17.6. The van der Waals surface area contributed by atoms with Crippen molar-refractivity contribution in [1.82, 2.24) is 4.90 Å². The third-order valence-electron chi connectivity index (χ3n) is 5.41. The molecule has 164 valence electrons. The molecule has 6 nitrogen and oxygen atoms in total. The lowest BCUT2D eigenvalue weighted by atomic mass is 10.1. The number of rotatable bonds is 6. The normalized spacial score (nSPS) is 14.1. The molecule has 1 aliphatic rings. The average molecular weight is 432 g/mol. The van der Waals surface area contributed by atoms with Crippen LogP contribution in [0.1, 0.15) is 10.4 Å². The highest BCUT2D eigenvalue weighted by Crippen LogP contribution is 2.19. The van der Waals surface area contributed by atoms with Crippen molar-refractivity contribution in [2.45, 2.75) is 0 Å². The molecule has 1 aliphatic heterocycles. The topological polar surface area (TPSA) is 64.7 Å². The van der Waals surface area contributed by atoms with E-state index in [1.54, 1.807) is 36.4 Å². The molecular weight excluding hydrogens is 407 g/mol. The monoisotopic (exact) mass is 432 g/mol. The van der Waals surface area contributed by atoms with Crippen LogP contribution in [-0.4, -0.2) is 49.4 Å². The van der Waals surface area contributed by atoms with E-state index in [4.69, 9.17) is 0 Å². The molecule has 0 aromatic heterocycles. The third kappa shape index (κ3) is 5.50. The zero-order chi connectivity index (χ0) is 22.3. The van der Waals surface area contributed by atoms with Gasteiger partial charge in [-0.3, -0.25) is 14.5 Å². The predicted octanol–water partition coefficient (Wildman–Crippen LogP) is 3.84. The molecule has 1 saturated heterocycles. The largest absolute Gasteiger partial charge is 0.369 e. The van der Waals surface area contributed by atoms with Gasteiger partial charge in [-0.05, 0) is 48.5 Å². The summed E-state index contributed by atoms with van der Waals surface area (Å²) in [6.07, 6.45) is 0. The molecule has 0 unspecified atom stereocenters. The van der Waals surface area contributed by atoms with E-state index in [0.29, 0.717) is 16.9 Å². The molecule has 0 radical (unpaired) electrons. The Morgan fingerprint density at radius 3 is 2.16 bits per heavy atom. The van der Waals surface area contributed by atoms with Crippen LogP contribution in [0, 0.1) is 5.82 Å². The number of halogens is 1. The van der Waals surface area contributed by atoms with E-state index in [-0.39, 0.29) is 24.2 Å². The Hall–Kier alpha value is -3.71. The second-order valence-electron chi connectivity index (χ2n) is 7.65. The minimum atomic E-state index is -0.278. The Bertz CT molecular complexity index is 1060. The standard InChI is InChI=1S/C25H25FN4O2/c26-19-10-12-21(13-11-19)30-16-14-29(15-17-30)18-24(31)28-23-9-5-4-8-22(23)25(32)27-20-6-2-1-3-7-20/h1-13H,14-18H2,(H,27,32)(H,28,31). The number of nitrogens with one attached hydrogen (secondary N) is 2. The van der Waals surface area contributed by atoms with Gasteiger partial charge in [-0.15, -0.1) is 0 Å². The summed E-state index contributed by atoms with van der Waals surface area (Å²) in [6.45, 7) is 3.21. The van der Waals surface area contributed by atoms with Crippen molar-refractivity contribution in [2.24, 2.45) is 0 Å². The van der Waals surface area contributed by atoms with Gasteiger partial charge in [-0.25, -0.2) is 4.39 Å². The van der Waals surface area contributed by atoms with Crippen molar-refractivity contribution in [3.63, 3.8) is 0 Å². The van der Waals surface area contributed by atoms with Gasteiger partial charge in [0.15, 0.2) is 0 Å². The molecule has 7 heteroatoms. The zero-order valence-corrected chi connectivity index (χ0v) is 17.6. The molecule has 0 saturated carbocycles. The van der Waals surface area contributed by atoms with E-state index in [2.05, 4.69) is 20.4 Å². The van der Waals surface area contributed by atoms with E-state index < -0.39 is 0 Å². The first-order chi connectivity index (χ1) is 15.6. The van der Waals surface area contributed by atoms with Crippen LogP contribution < -0.4 is 15.5 Å². The molecule has 0 bridgehead atoms. The van der Waals surface area contributed by atoms with Crippen LogP contribution in [-0.2, 0) is 4.79 Å². The van der Waals surface area contributed by atoms with Gasteiger partial charge in [0.1, 0.15) is 5.82 Å². The first-order valence-electron chi connectivity index (χ1n) is 10.6. The number of nitrogens with zero attached hydrogens (tertiary/aromatic N) is 2. The number of para-hydroxylation sites is 2. The van der Waals surface area contributed by atoms with E-state index in [1.807, 2.05) is 30.3 Å². The lowest BCUT2D eigenvalue weighted by Gasteiger charge is -2.35. The lowest BCUT2D eigenvalue weighted by molar-refractivity contribution is -0.117. The van der Waals surface area contributed by atoms with E-state index in [9.17, 15) is 14.0 Å². The molecule has 4 rings (SSSR count). The highest BCUT2D eigenvalue weighted by atomic mass is 19.1. The first kappa shape index (κ1) is 21.5. The summed E-state index contributed by atoms with van der Waals surface area (Å²) in [5, 5.41) is 5.72. The Balaban J connectivity index is 1.32. The minimum Gasteiger partial charge on any atom is -0.369 e. The Labute approximate surface area is 186 Å². The number of anilines is 3. The number of piperazine rings is 1. The molecule has 0 spiro atoms. The van der Waals surface area contributed by atoms with Gasteiger partial charge in [-0.1, -0.05) is 30.3 Å². The molecule has 3 aromatic carbocycles. The minimum absolute atomic E-state index is 0.166. The Kier molecular flexibility index (Phi) is 6.77. The van der Waals surface area contributed by atoms with Crippen molar-refractivity contribution in [3.05, 3.63) is 90.2 Å². The van der Waals surface area contributed by atoms with Gasteiger partial charge in [0.05, 0.1) is 17.8 Å². The highest BCUT2D eigenvalue weighted by molar-refractivity contribution is 6.10. The summed E-state index contributed by atoms with van der Waals surface area (Å²) >= 11 is 0. The molecule has 2 amide bonds. The molecule has 3 aromatic rings. The van der Waals surface area contributed by atoms with Crippen LogP contribution in [0.3, 0.4) is 0 Å². The first-order valence-corrected chi connectivity index (χ1v) is 10.6. The number of amides is 2. The molecule has 1 fully saturated rings. The van der Waals surface area contributed by atoms with Crippen LogP contribution in [0.25, 0.3) is 0 Å². The fourth-order valence-corrected chi connectivity index (χ4v) is 3.72. The fraction of sp³-hybridized carbons (Fsp3) is 0.200. The molecule has 32 heavy (non-hydrogen) atoms. The molecule has 0 aliphatic carbocycles. The van der Waals surface area contributed by atoms with Crippen LogP contribution >= 0.6 is 0 Å². The Morgan fingerprint density at radius 2 is 1.44 bits per heavy atom. The van der Waals surface area contributed by atoms with Crippen molar-refractivity contribution in [2.75, 3.05) is 48.3 Å². The van der Waals surface area contributed by atoms with Crippen molar-refractivity contribution >= 4 is 28.9 Å². The van der Waals surface area contributed by atoms with Crippen LogP contribution in [0.5, 0.6) is 0 Å². The maximum Gasteiger partial charge on any atom is 0.257 e. The molecular formula is C25H25FN4O2. The van der Waals surface area contributed by atoms with Gasteiger partial charge in [0, 0.05) is 37.6 Å². The lowest BCUT2D eigenvalue weighted by Crippen LogP contribution is -2.48. The van der Waals surface area contributed by atoms with E-state index in [1.165, 1.54) is 12.1 Å². The number of benzene rings is 3. The summed E-state index contributed by atoms with van der Waals surface area (Å²) in [7, 11) is 0. The van der Waals surface area contributed by atoms with Gasteiger partial charge in [0.2, 0.25) is 5.91 Å². The molecule has 0 atom stereocenters. The van der Waals surface area contributed by atoms with Gasteiger partial charge < -0.3 is 15.5 Å². The fourth-order valence-electron chi connectivity index (χ4n) is 3.72. The van der Waals surface area contributed by atoms with Crippen molar-refractivity contribution < 1.29 is 14.0 Å². The number of carbonyl (C=O) groups is 2. The van der Waals surface area contributed by atoms with E-state index >= 15 is 0 Å². The summed E-state index contributed by atoms with van der Waals surface area (Å²) in [5.41, 5.74) is 2.56. The highest BCUT2D eigenvalue weighted by Gasteiger charge is 2.20. The van der Waals surface area contributed by atoms with Gasteiger partial charge >= 0.3 is 0 Å². The average Bonchev–Trinajstić information content (AvgIpc) is 2.81. The van der Waals surface area contributed by atoms with Crippen LogP contribution in [0.15, 0.2) is 78.9 Å². The maximum absolute atomic E-state index is 13.1. The molecule has 1 heterocycles. The van der Waals surface area contributed by atoms with Crippen molar-refractivity contribution in [3.8, 4) is 0 Å². The molecule has 2 N–H and O–H groups in total. The van der Waals surface area contributed by atoms with Crippen molar-refractivity contribution in [1.29, 1.82) is 0 Å². The summed E-state index contributed by atoms with van der Waals surface area (Å²) in [4.78, 5) is 29.6. The quantitative estimate of drug-likeness (QED) is 0.621. The number of carbonyl (C=O) groups excluding carboxylic acids is 2. The Morgan fingerprint density at radius 1 is 0.781 bits per heavy atom. The van der Waals surface area contributed by atoms with Crippen LogP contribution in [0.4, 0.5) is 21.5 Å². The second-order valence-corrected chi connectivity index (χ2v) is 7.65. The van der Waals surface area contributed by atoms with E-state index in [0.717, 1.165) is 31.9 Å². The summed E-state index contributed by atoms with van der Waals surface area (Å²) in [6, 6.07) is 22.6. The predicted molar refractivity (Wildman–Crippen MR) is 125 cm³/mol. The van der Waals surface area contributed by atoms with Gasteiger partial charge in [0.25, 0.3) is 5.91 Å². The smallest absolute Gasteiger partial charge is 0.257 e. The number of hydrogen-bond donors (Lipinski definition) is 2. The summed E-state index contributed by atoms with van der Waals surface area (Å²) < 4.78 is 13.1. The van der Waals surface area contributed by atoms with Crippen LogP contribution in [0.2, 0.25) is 0 Å². The number of hydrogen-bond acceptors (Lipinski definition) is 4. The third-order valence-corrected chi connectivity index (χ3v) is 5.41. The summed E-state index contributed by atoms with van der Waals surface area (Å²) in [5.74, 6) is -0.693. The maximum atomic E-state index is 13.1. The van der Waals surface area contributed by atoms with Gasteiger partial charge in [-0.2, -0.15) is 0 Å². The second kappa shape index (κ2) is 10.1. The SMILES string of the molecule is O=C(CN1CCN(c2ccc(F)cc2)CC1)Nc1ccccc1C(=O)Nc1ccccc1.